The van der Waals surface area contributed by atoms with Crippen LogP contribution in [0.5, 0.6) is 5.75 Å². The second kappa shape index (κ2) is 5.75. The van der Waals surface area contributed by atoms with Gasteiger partial charge in [0, 0.05) is 12.6 Å². The molecule has 1 heterocycles. The van der Waals surface area contributed by atoms with Gasteiger partial charge in [-0.2, -0.15) is 5.10 Å². The van der Waals surface area contributed by atoms with Gasteiger partial charge in [0.2, 0.25) is 0 Å². The molecule has 6 heteroatoms. The first-order valence-electron chi connectivity index (χ1n) is 6.01. The lowest BCUT2D eigenvalue weighted by molar-refractivity contribution is 0.101. The summed E-state index contributed by atoms with van der Waals surface area (Å²) in [5, 5.41) is 4.23. The summed E-state index contributed by atoms with van der Waals surface area (Å²) in [7, 11) is 1.80. The van der Waals surface area contributed by atoms with E-state index in [0.717, 1.165) is 15.9 Å². The van der Waals surface area contributed by atoms with E-state index in [-0.39, 0.29) is 18.1 Å². The molecule has 2 aromatic rings. The lowest BCUT2D eigenvalue weighted by Gasteiger charge is -2.08. The smallest absolute Gasteiger partial charge is 0.165 e. The van der Waals surface area contributed by atoms with Crippen molar-refractivity contribution >= 4 is 21.7 Å². The highest BCUT2D eigenvalue weighted by Crippen LogP contribution is 2.24. The van der Waals surface area contributed by atoms with Gasteiger partial charge in [0.05, 0.1) is 15.9 Å². The Bertz CT molecular complexity index is 667. The molecule has 0 aliphatic heterocycles. The molecule has 1 aromatic heterocycles. The van der Waals surface area contributed by atoms with Crippen molar-refractivity contribution in [1.82, 2.24) is 9.78 Å². The van der Waals surface area contributed by atoms with Crippen molar-refractivity contribution in [1.29, 1.82) is 0 Å². The van der Waals surface area contributed by atoms with E-state index < -0.39 is 5.82 Å². The average Bonchev–Trinajstić information content (AvgIpc) is 2.62. The predicted octanol–water partition coefficient (Wildman–Crippen LogP) is 3.41. The zero-order chi connectivity index (χ0) is 14.9. The summed E-state index contributed by atoms with van der Waals surface area (Å²) >= 11 is 3.42. The quantitative estimate of drug-likeness (QED) is 0.801. The molecule has 0 radical (unpaired) electrons. The number of hydrogen-bond donors (Lipinski definition) is 0. The molecule has 0 atom stereocenters. The number of benzene rings is 1. The number of halogens is 2. The van der Waals surface area contributed by atoms with Crippen molar-refractivity contribution < 1.29 is 13.9 Å². The fourth-order valence-electron chi connectivity index (χ4n) is 1.82. The fourth-order valence-corrected chi connectivity index (χ4v) is 2.27. The molecule has 0 spiro atoms. The van der Waals surface area contributed by atoms with Crippen LogP contribution in [0, 0.1) is 12.7 Å². The first-order valence-corrected chi connectivity index (χ1v) is 6.80. The number of aryl methyl sites for hydroxylation is 2. The van der Waals surface area contributed by atoms with E-state index >= 15 is 0 Å². The van der Waals surface area contributed by atoms with E-state index in [2.05, 4.69) is 21.0 Å². The Labute approximate surface area is 124 Å². The third-order valence-electron chi connectivity index (χ3n) is 2.96. The third kappa shape index (κ3) is 2.90. The second-order valence-electron chi connectivity index (χ2n) is 4.46. The van der Waals surface area contributed by atoms with Crippen molar-refractivity contribution in [3.05, 3.63) is 45.4 Å². The maximum atomic E-state index is 13.8. The predicted molar refractivity (Wildman–Crippen MR) is 76.4 cm³/mol. The van der Waals surface area contributed by atoms with Gasteiger partial charge in [0.1, 0.15) is 6.61 Å². The standard InChI is InChI=1S/C14H14BrFN2O2/c1-8-14(15)12(18(3)17-8)7-20-13-5-4-10(9(2)19)6-11(13)16/h4-6H,7H2,1-3H3. The number of ketones is 1. The average molecular weight is 341 g/mol. The molecule has 106 valence electrons. The molecule has 0 amide bonds. The summed E-state index contributed by atoms with van der Waals surface area (Å²) in [6, 6.07) is 4.19. The Kier molecular flexibility index (Phi) is 4.23. The molecule has 0 fully saturated rings. The number of carbonyl (C=O) groups is 1. The second-order valence-corrected chi connectivity index (χ2v) is 5.25. The molecule has 0 saturated heterocycles. The van der Waals surface area contributed by atoms with Gasteiger partial charge in [-0.25, -0.2) is 4.39 Å². The van der Waals surface area contributed by atoms with Crippen LogP contribution >= 0.6 is 15.9 Å². The summed E-state index contributed by atoms with van der Waals surface area (Å²) in [6.07, 6.45) is 0. The number of Topliss-reactive ketones (excluding diaryl/α,β-unsaturated/α-hetero) is 1. The van der Waals surface area contributed by atoms with Crippen molar-refractivity contribution in [2.45, 2.75) is 20.5 Å². The van der Waals surface area contributed by atoms with Crippen LogP contribution in [-0.2, 0) is 13.7 Å². The molecule has 2 rings (SSSR count). The molecular weight excluding hydrogens is 327 g/mol. The van der Waals surface area contributed by atoms with E-state index in [1.54, 1.807) is 17.8 Å². The summed E-state index contributed by atoms with van der Waals surface area (Å²) in [6.45, 7) is 3.45. The molecule has 0 saturated carbocycles. The zero-order valence-corrected chi connectivity index (χ0v) is 13.0. The lowest BCUT2D eigenvalue weighted by Crippen LogP contribution is -2.05. The van der Waals surface area contributed by atoms with Crippen molar-refractivity contribution in [2.75, 3.05) is 0 Å². The van der Waals surface area contributed by atoms with Crippen molar-refractivity contribution in [2.24, 2.45) is 7.05 Å². The molecule has 0 N–H and O–H groups in total. The summed E-state index contributed by atoms with van der Waals surface area (Å²) in [4.78, 5) is 11.2. The molecule has 20 heavy (non-hydrogen) atoms. The summed E-state index contributed by atoms with van der Waals surface area (Å²) < 4.78 is 21.8. The molecule has 0 unspecified atom stereocenters. The molecular formula is C14H14BrFN2O2. The zero-order valence-electron chi connectivity index (χ0n) is 11.4. The van der Waals surface area contributed by atoms with E-state index in [0.29, 0.717) is 5.56 Å². The van der Waals surface area contributed by atoms with Crippen LogP contribution < -0.4 is 4.74 Å². The van der Waals surface area contributed by atoms with Gasteiger partial charge in [0.15, 0.2) is 17.3 Å². The number of carbonyl (C=O) groups excluding carboxylic acids is 1. The monoisotopic (exact) mass is 340 g/mol. The highest BCUT2D eigenvalue weighted by Gasteiger charge is 2.13. The van der Waals surface area contributed by atoms with Crippen LogP contribution in [0.3, 0.4) is 0 Å². The van der Waals surface area contributed by atoms with E-state index in [1.165, 1.54) is 19.1 Å². The van der Waals surface area contributed by atoms with Gasteiger partial charge < -0.3 is 4.74 Å². The molecule has 0 bridgehead atoms. The minimum atomic E-state index is -0.548. The number of rotatable bonds is 4. The fraction of sp³-hybridized carbons (Fsp3) is 0.286. The Morgan fingerprint density at radius 1 is 1.50 bits per heavy atom. The number of hydrogen-bond acceptors (Lipinski definition) is 3. The molecule has 4 nitrogen and oxygen atoms in total. The van der Waals surface area contributed by atoms with Gasteiger partial charge in [-0.15, -0.1) is 0 Å². The van der Waals surface area contributed by atoms with Crippen LogP contribution in [0.15, 0.2) is 22.7 Å². The Morgan fingerprint density at radius 2 is 2.20 bits per heavy atom. The summed E-state index contributed by atoms with van der Waals surface area (Å²) in [5.41, 5.74) is 1.99. The van der Waals surface area contributed by atoms with Crippen LogP contribution in [-0.4, -0.2) is 15.6 Å². The largest absolute Gasteiger partial charge is 0.484 e. The first-order chi connectivity index (χ1) is 9.40. The number of nitrogens with zero attached hydrogens (tertiary/aromatic N) is 2. The van der Waals surface area contributed by atoms with Gasteiger partial charge >= 0.3 is 0 Å². The normalized spacial score (nSPS) is 10.7. The SMILES string of the molecule is CC(=O)c1ccc(OCc2c(Br)c(C)nn2C)c(F)c1. The van der Waals surface area contributed by atoms with Gasteiger partial charge in [-0.3, -0.25) is 9.48 Å². The van der Waals surface area contributed by atoms with Crippen LogP contribution in [0.4, 0.5) is 4.39 Å². The minimum absolute atomic E-state index is 0.112. The van der Waals surface area contributed by atoms with Gasteiger partial charge in [-0.1, -0.05) is 0 Å². The Balaban J connectivity index is 2.17. The molecule has 0 aliphatic carbocycles. The van der Waals surface area contributed by atoms with Crippen LogP contribution in [0.25, 0.3) is 0 Å². The topological polar surface area (TPSA) is 44.1 Å². The molecule has 0 aliphatic rings. The highest BCUT2D eigenvalue weighted by molar-refractivity contribution is 9.10. The Morgan fingerprint density at radius 3 is 2.70 bits per heavy atom. The minimum Gasteiger partial charge on any atom is -0.484 e. The highest BCUT2D eigenvalue weighted by atomic mass is 79.9. The van der Waals surface area contributed by atoms with Gasteiger partial charge in [-0.05, 0) is 48.0 Å². The maximum Gasteiger partial charge on any atom is 0.165 e. The van der Waals surface area contributed by atoms with E-state index in [1.807, 2.05) is 6.92 Å². The maximum absolute atomic E-state index is 13.8. The van der Waals surface area contributed by atoms with E-state index in [9.17, 15) is 9.18 Å². The third-order valence-corrected chi connectivity index (χ3v) is 4.00. The first kappa shape index (κ1) is 14.7. The number of aromatic nitrogens is 2. The van der Waals surface area contributed by atoms with Crippen molar-refractivity contribution in [3.8, 4) is 5.75 Å². The van der Waals surface area contributed by atoms with Crippen molar-refractivity contribution in [3.63, 3.8) is 0 Å². The Hall–Kier alpha value is -1.69. The van der Waals surface area contributed by atoms with Crippen LogP contribution in [0.1, 0.15) is 28.7 Å². The summed E-state index contributed by atoms with van der Waals surface area (Å²) in [5.74, 6) is -0.617. The van der Waals surface area contributed by atoms with Gasteiger partial charge in [0.25, 0.3) is 0 Å². The number of ether oxygens (including phenoxy) is 1. The lowest BCUT2D eigenvalue weighted by atomic mass is 10.1. The molecule has 1 aromatic carbocycles. The van der Waals surface area contributed by atoms with E-state index in [4.69, 9.17) is 4.74 Å². The van der Waals surface area contributed by atoms with Crippen LogP contribution in [0.2, 0.25) is 0 Å².